The minimum atomic E-state index is 0.0186. The first kappa shape index (κ1) is 14.1. The molecule has 0 spiro atoms. The molecule has 1 amide bonds. The first-order valence-corrected chi connectivity index (χ1v) is 7.76. The molecule has 1 saturated carbocycles. The van der Waals surface area contributed by atoms with Gasteiger partial charge in [0.15, 0.2) is 0 Å². The Morgan fingerprint density at radius 1 is 1.24 bits per heavy atom. The zero-order valence-corrected chi connectivity index (χ0v) is 12.7. The minimum Gasteiger partial charge on any atom is -0.299 e. The number of hydrogen-bond donors (Lipinski definition) is 0. The molecule has 1 aromatic carbocycles. The van der Waals surface area contributed by atoms with Crippen LogP contribution in [0.4, 0.5) is 5.69 Å². The van der Waals surface area contributed by atoms with Crippen molar-refractivity contribution in [3.05, 3.63) is 30.3 Å². The normalized spacial score (nSPS) is 29.2. The molecule has 3 unspecified atom stereocenters. The van der Waals surface area contributed by atoms with Crippen LogP contribution in [0.15, 0.2) is 30.3 Å². The first-order valence-electron chi connectivity index (χ1n) is 7.76. The van der Waals surface area contributed by atoms with Crippen LogP contribution in [0.1, 0.15) is 39.5 Å². The van der Waals surface area contributed by atoms with Crippen LogP contribution in [0.25, 0.3) is 0 Å². The molecule has 1 heterocycles. The summed E-state index contributed by atoms with van der Waals surface area (Å²) in [7, 11) is 0. The van der Waals surface area contributed by atoms with Gasteiger partial charge in [-0.25, -0.2) is 5.01 Å². The second-order valence-electron chi connectivity index (χ2n) is 6.16. The Labute approximate surface area is 125 Å². The van der Waals surface area contributed by atoms with Crippen molar-refractivity contribution in [1.82, 2.24) is 5.01 Å². The Morgan fingerprint density at radius 3 is 2.52 bits per heavy atom. The fourth-order valence-corrected chi connectivity index (χ4v) is 3.85. The van der Waals surface area contributed by atoms with Crippen LogP contribution in [0.3, 0.4) is 0 Å². The van der Waals surface area contributed by atoms with E-state index in [1.54, 1.807) is 6.92 Å². The van der Waals surface area contributed by atoms with Gasteiger partial charge in [0.1, 0.15) is 5.78 Å². The zero-order valence-electron chi connectivity index (χ0n) is 12.7. The van der Waals surface area contributed by atoms with Crippen LogP contribution in [-0.2, 0) is 9.59 Å². The van der Waals surface area contributed by atoms with Gasteiger partial charge in [-0.2, -0.15) is 0 Å². The van der Waals surface area contributed by atoms with Gasteiger partial charge in [0.05, 0.1) is 11.7 Å². The number of carbonyl (C=O) groups is 2. The topological polar surface area (TPSA) is 40.6 Å². The standard InChI is InChI=1S/C17H22N2O2/c1-12-11-16(15-9-6-10-17(15)21)19(13(2)20)18(12)14-7-4-3-5-8-14/h3-5,7-8,12,15-16H,6,9-11H2,1-2H3. The van der Waals surface area contributed by atoms with E-state index in [1.807, 2.05) is 35.3 Å². The number of ketones is 1. The van der Waals surface area contributed by atoms with Gasteiger partial charge in [0.2, 0.25) is 5.91 Å². The van der Waals surface area contributed by atoms with E-state index in [1.165, 1.54) is 0 Å². The predicted octanol–water partition coefficient (Wildman–Crippen LogP) is 2.79. The summed E-state index contributed by atoms with van der Waals surface area (Å²) < 4.78 is 0. The molecule has 0 radical (unpaired) electrons. The molecule has 4 nitrogen and oxygen atoms in total. The van der Waals surface area contributed by atoms with E-state index in [0.717, 1.165) is 24.9 Å². The van der Waals surface area contributed by atoms with Gasteiger partial charge < -0.3 is 0 Å². The first-order chi connectivity index (χ1) is 10.1. The van der Waals surface area contributed by atoms with E-state index in [9.17, 15) is 9.59 Å². The van der Waals surface area contributed by atoms with Crippen molar-refractivity contribution in [1.29, 1.82) is 0 Å². The largest absolute Gasteiger partial charge is 0.299 e. The summed E-state index contributed by atoms with van der Waals surface area (Å²) in [4.78, 5) is 24.3. The number of amides is 1. The molecular weight excluding hydrogens is 264 g/mol. The van der Waals surface area contributed by atoms with E-state index in [0.29, 0.717) is 12.2 Å². The van der Waals surface area contributed by atoms with Crippen molar-refractivity contribution >= 4 is 17.4 Å². The Balaban J connectivity index is 1.94. The number of hydrazine groups is 1. The number of anilines is 1. The molecule has 0 N–H and O–H groups in total. The number of para-hydroxylation sites is 1. The number of Topliss-reactive ketones (excluding diaryl/α,β-unsaturated/α-hetero) is 1. The van der Waals surface area contributed by atoms with E-state index < -0.39 is 0 Å². The molecule has 112 valence electrons. The van der Waals surface area contributed by atoms with Gasteiger partial charge in [-0.05, 0) is 38.3 Å². The Kier molecular flexibility index (Phi) is 3.70. The van der Waals surface area contributed by atoms with Crippen molar-refractivity contribution in [2.24, 2.45) is 5.92 Å². The molecule has 0 bridgehead atoms. The molecule has 3 atom stereocenters. The summed E-state index contributed by atoms with van der Waals surface area (Å²) in [5.41, 5.74) is 1.02. The highest BCUT2D eigenvalue weighted by molar-refractivity contribution is 5.85. The van der Waals surface area contributed by atoms with Gasteiger partial charge >= 0.3 is 0 Å². The quantitative estimate of drug-likeness (QED) is 0.839. The lowest BCUT2D eigenvalue weighted by Gasteiger charge is -2.36. The maximum atomic E-state index is 12.2. The fraction of sp³-hybridized carbons (Fsp3) is 0.529. The number of nitrogens with zero attached hydrogens (tertiary/aromatic N) is 2. The maximum absolute atomic E-state index is 12.2. The van der Waals surface area contributed by atoms with E-state index >= 15 is 0 Å². The molecule has 1 aromatic rings. The van der Waals surface area contributed by atoms with Crippen molar-refractivity contribution in [2.45, 2.75) is 51.6 Å². The maximum Gasteiger partial charge on any atom is 0.238 e. The molecule has 0 aromatic heterocycles. The average Bonchev–Trinajstić information content (AvgIpc) is 3.03. The van der Waals surface area contributed by atoms with Crippen LogP contribution < -0.4 is 5.01 Å². The molecule has 4 heteroatoms. The molecule has 2 fully saturated rings. The van der Waals surface area contributed by atoms with Gasteiger partial charge in [0, 0.05) is 25.3 Å². The third kappa shape index (κ3) is 2.43. The second kappa shape index (κ2) is 5.51. The molecular formula is C17H22N2O2. The van der Waals surface area contributed by atoms with Crippen LogP contribution in [0, 0.1) is 5.92 Å². The zero-order chi connectivity index (χ0) is 15.0. The van der Waals surface area contributed by atoms with E-state index in [4.69, 9.17) is 0 Å². The lowest BCUT2D eigenvalue weighted by molar-refractivity contribution is -0.133. The highest BCUT2D eigenvalue weighted by atomic mass is 16.2. The number of benzene rings is 1. The van der Waals surface area contributed by atoms with Crippen LogP contribution >= 0.6 is 0 Å². The highest BCUT2D eigenvalue weighted by Gasteiger charge is 2.46. The average molecular weight is 286 g/mol. The monoisotopic (exact) mass is 286 g/mol. The summed E-state index contributed by atoms with van der Waals surface area (Å²) in [6, 6.07) is 10.2. The Bertz CT molecular complexity index is 543. The summed E-state index contributed by atoms with van der Waals surface area (Å²) >= 11 is 0. The number of carbonyl (C=O) groups excluding carboxylic acids is 2. The predicted molar refractivity (Wildman–Crippen MR) is 81.7 cm³/mol. The number of rotatable bonds is 2. The summed E-state index contributed by atoms with van der Waals surface area (Å²) in [6.07, 6.45) is 3.42. The summed E-state index contributed by atoms with van der Waals surface area (Å²) in [5.74, 6) is 0.367. The third-order valence-corrected chi connectivity index (χ3v) is 4.71. The number of hydrogen-bond acceptors (Lipinski definition) is 3. The van der Waals surface area contributed by atoms with Gasteiger partial charge in [-0.15, -0.1) is 0 Å². The lowest BCUT2D eigenvalue weighted by Crippen LogP contribution is -2.49. The molecule has 3 rings (SSSR count). The van der Waals surface area contributed by atoms with Crippen LogP contribution in [-0.4, -0.2) is 28.8 Å². The van der Waals surface area contributed by atoms with E-state index in [-0.39, 0.29) is 23.9 Å². The summed E-state index contributed by atoms with van der Waals surface area (Å²) in [6.45, 7) is 3.72. The van der Waals surface area contributed by atoms with Gasteiger partial charge in [0.25, 0.3) is 0 Å². The van der Waals surface area contributed by atoms with Crippen LogP contribution in [0.2, 0.25) is 0 Å². The SMILES string of the molecule is CC(=O)N1C(C2CCCC2=O)CC(C)N1c1ccccc1. The van der Waals surface area contributed by atoms with Crippen LogP contribution in [0.5, 0.6) is 0 Å². The van der Waals surface area contributed by atoms with Gasteiger partial charge in [-0.3, -0.25) is 14.6 Å². The lowest BCUT2D eigenvalue weighted by atomic mass is 9.93. The molecule has 1 saturated heterocycles. The second-order valence-corrected chi connectivity index (χ2v) is 6.16. The van der Waals surface area contributed by atoms with Crippen molar-refractivity contribution in [3.63, 3.8) is 0 Å². The Hall–Kier alpha value is -1.84. The molecule has 1 aliphatic carbocycles. The summed E-state index contributed by atoms with van der Waals surface area (Å²) in [5, 5.41) is 3.90. The Morgan fingerprint density at radius 2 is 1.95 bits per heavy atom. The third-order valence-electron chi connectivity index (χ3n) is 4.71. The van der Waals surface area contributed by atoms with Crippen molar-refractivity contribution in [3.8, 4) is 0 Å². The fourth-order valence-electron chi connectivity index (χ4n) is 3.85. The minimum absolute atomic E-state index is 0.0186. The van der Waals surface area contributed by atoms with Crippen molar-refractivity contribution < 1.29 is 9.59 Å². The molecule has 2 aliphatic rings. The van der Waals surface area contributed by atoms with Gasteiger partial charge in [-0.1, -0.05) is 18.2 Å². The smallest absolute Gasteiger partial charge is 0.238 e. The van der Waals surface area contributed by atoms with Crippen molar-refractivity contribution in [2.75, 3.05) is 5.01 Å². The van der Waals surface area contributed by atoms with E-state index in [2.05, 4.69) is 11.9 Å². The molecule has 21 heavy (non-hydrogen) atoms. The highest BCUT2D eigenvalue weighted by Crippen LogP contribution is 2.38. The molecule has 1 aliphatic heterocycles.